The fraction of sp³-hybridized carbons (Fsp3) is 0.529. The number of rotatable bonds is 9. The largest absolute Gasteiger partial charge is 0.478 e. The molecule has 1 N–H and O–H groups in total. The molecule has 0 aromatic heterocycles. The average molecular weight is 543 g/mol. The maximum atomic E-state index is 13.1. The van der Waals surface area contributed by atoms with Crippen LogP contribution in [-0.2, 0) is 15.0 Å². The van der Waals surface area contributed by atoms with Crippen molar-refractivity contribution in [3.63, 3.8) is 0 Å². The van der Waals surface area contributed by atoms with Crippen LogP contribution in [0.3, 0.4) is 0 Å². The van der Waals surface area contributed by atoms with Gasteiger partial charge in [0.05, 0.1) is 0 Å². The number of likely N-dealkylation sites (N-methyl/N-ethyl adjacent to an activating group) is 1. The van der Waals surface area contributed by atoms with Crippen molar-refractivity contribution in [3.8, 4) is 16.9 Å². The second kappa shape index (κ2) is 11.5. The summed E-state index contributed by atoms with van der Waals surface area (Å²) in [6.07, 6.45) is 11.8. The van der Waals surface area contributed by atoms with Crippen LogP contribution in [0.5, 0.6) is 5.75 Å². The van der Waals surface area contributed by atoms with Crippen molar-refractivity contribution in [1.82, 2.24) is 9.80 Å². The van der Waals surface area contributed by atoms with E-state index in [4.69, 9.17) is 9.84 Å². The van der Waals surface area contributed by atoms with Crippen molar-refractivity contribution in [3.05, 3.63) is 59.7 Å². The Labute approximate surface area is 238 Å². The van der Waals surface area contributed by atoms with E-state index in [0.29, 0.717) is 6.42 Å². The minimum atomic E-state index is -0.950. The Balaban J connectivity index is 1.22. The molecule has 0 amide bonds. The van der Waals surface area contributed by atoms with Crippen LogP contribution in [0.2, 0.25) is 0 Å². The number of nitrogens with zero attached hydrogens (tertiary/aromatic N) is 2. The summed E-state index contributed by atoms with van der Waals surface area (Å²) in [5.74, 6) is 2.07. The Morgan fingerprint density at radius 1 is 0.925 bits per heavy atom. The highest BCUT2D eigenvalue weighted by atomic mass is 16.5. The highest BCUT2D eigenvalue weighted by Crippen LogP contribution is 2.62. The molecule has 1 heterocycles. The Kier molecular flexibility index (Phi) is 7.82. The number of carboxylic acid groups (broad SMARTS) is 1. The van der Waals surface area contributed by atoms with Crippen LogP contribution in [0.1, 0.15) is 62.5 Å². The van der Waals surface area contributed by atoms with Crippen LogP contribution in [-0.4, -0.2) is 66.6 Å². The van der Waals surface area contributed by atoms with Gasteiger partial charge in [0.2, 0.25) is 0 Å². The fourth-order valence-corrected chi connectivity index (χ4v) is 8.30. The van der Waals surface area contributed by atoms with E-state index in [1.807, 2.05) is 30.3 Å². The van der Waals surface area contributed by atoms with Gasteiger partial charge in [-0.3, -0.25) is 4.79 Å². The molecule has 2 aromatic carbocycles. The van der Waals surface area contributed by atoms with Gasteiger partial charge in [-0.2, -0.15) is 0 Å². The molecule has 0 spiro atoms. The maximum Gasteiger partial charge on any atom is 0.328 e. The van der Waals surface area contributed by atoms with Crippen LogP contribution in [0, 0.1) is 17.8 Å². The summed E-state index contributed by atoms with van der Waals surface area (Å²) in [4.78, 5) is 28.8. The molecule has 5 fully saturated rings. The normalized spacial score (nSPS) is 28.3. The van der Waals surface area contributed by atoms with Crippen molar-refractivity contribution < 1.29 is 19.4 Å². The minimum Gasteiger partial charge on any atom is -0.478 e. The lowest BCUT2D eigenvalue weighted by Crippen LogP contribution is -2.48. The number of aliphatic carboxylic acids is 1. The number of benzene rings is 2. The fourth-order valence-electron chi connectivity index (χ4n) is 8.30. The number of piperazine rings is 1. The molecular formula is C34H42N2O4. The van der Waals surface area contributed by atoms with Crippen LogP contribution in [0.25, 0.3) is 17.2 Å². The second-order valence-electron chi connectivity index (χ2n) is 12.9. The predicted octanol–water partition coefficient (Wildman–Crippen LogP) is 5.85. The van der Waals surface area contributed by atoms with Gasteiger partial charge in [-0.15, -0.1) is 0 Å². The van der Waals surface area contributed by atoms with Gasteiger partial charge < -0.3 is 19.6 Å². The average Bonchev–Trinajstić information content (AvgIpc) is 2.93. The van der Waals surface area contributed by atoms with Crippen LogP contribution in [0.15, 0.2) is 48.5 Å². The first-order valence-electron chi connectivity index (χ1n) is 15.1. The van der Waals surface area contributed by atoms with Gasteiger partial charge in [-0.1, -0.05) is 30.3 Å². The number of hydrogen-bond acceptors (Lipinski definition) is 5. The van der Waals surface area contributed by atoms with E-state index in [1.165, 1.54) is 44.1 Å². The molecular weight excluding hydrogens is 500 g/mol. The van der Waals surface area contributed by atoms with E-state index in [0.717, 1.165) is 85.4 Å². The zero-order chi connectivity index (χ0) is 27.7. The summed E-state index contributed by atoms with van der Waals surface area (Å²) in [5, 5.41) is 8.93. The highest BCUT2D eigenvalue weighted by molar-refractivity contribution is 5.85. The van der Waals surface area contributed by atoms with Crippen LogP contribution < -0.4 is 4.74 Å². The van der Waals surface area contributed by atoms with Crippen molar-refractivity contribution >= 4 is 18.0 Å². The predicted molar refractivity (Wildman–Crippen MR) is 157 cm³/mol. The lowest BCUT2D eigenvalue weighted by Gasteiger charge is -2.57. The summed E-state index contributed by atoms with van der Waals surface area (Å²) >= 11 is 0. The number of hydrogen-bond donors (Lipinski definition) is 1. The molecule has 4 aliphatic carbocycles. The molecule has 5 aliphatic rings. The first kappa shape index (κ1) is 27.2. The summed E-state index contributed by atoms with van der Waals surface area (Å²) in [5.41, 5.74) is 4.39. The summed E-state index contributed by atoms with van der Waals surface area (Å²) in [6.45, 7) is 5.27. The number of esters is 1. The third-order valence-corrected chi connectivity index (χ3v) is 9.93. The molecule has 4 bridgehead atoms. The van der Waals surface area contributed by atoms with Gasteiger partial charge in [0.25, 0.3) is 0 Å². The Morgan fingerprint density at radius 3 is 2.17 bits per heavy atom. The summed E-state index contributed by atoms with van der Waals surface area (Å²) < 4.78 is 6.18. The molecule has 2 aromatic rings. The molecule has 40 heavy (non-hydrogen) atoms. The number of carbonyl (C=O) groups is 2. The molecule has 212 valence electrons. The van der Waals surface area contributed by atoms with Crippen molar-refractivity contribution in [1.29, 1.82) is 0 Å². The van der Waals surface area contributed by atoms with Crippen molar-refractivity contribution in [2.45, 2.75) is 56.8 Å². The molecule has 1 aliphatic heterocycles. The zero-order valence-electron chi connectivity index (χ0n) is 23.7. The number of ether oxygens (including phenoxy) is 1. The zero-order valence-corrected chi connectivity index (χ0v) is 23.7. The maximum absolute atomic E-state index is 13.1. The van der Waals surface area contributed by atoms with Crippen molar-refractivity contribution in [2.75, 3.05) is 39.8 Å². The topological polar surface area (TPSA) is 70.1 Å². The molecule has 6 heteroatoms. The van der Waals surface area contributed by atoms with E-state index in [1.54, 1.807) is 6.08 Å². The van der Waals surface area contributed by atoms with Gasteiger partial charge in [-0.25, -0.2) is 4.79 Å². The molecule has 0 atom stereocenters. The SMILES string of the molecule is CN1CCN(CCCC(=O)Oc2ccc(-c3ccc(/C=C/C(=O)O)cc3)cc2C23CC4CC(CC(C4)C2)C3)CC1. The van der Waals surface area contributed by atoms with Gasteiger partial charge in [0.15, 0.2) is 0 Å². The molecule has 4 saturated carbocycles. The number of carboxylic acids is 1. The quantitative estimate of drug-likeness (QED) is 0.243. The van der Waals surface area contributed by atoms with Crippen molar-refractivity contribution in [2.24, 2.45) is 17.8 Å². The molecule has 1 saturated heterocycles. The molecule has 6 nitrogen and oxygen atoms in total. The first-order chi connectivity index (χ1) is 19.3. The van der Waals surface area contributed by atoms with E-state index in [-0.39, 0.29) is 11.4 Å². The minimum absolute atomic E-state index is 0.102. The highest BCUT2D eigenvalue weighted by Gasteiger charge is 2.52. The Bertz CT molecular complexity index is 1220. The lowest BCUT2D eigenvalue weighted by atomic mass is 9.48. The van der Waals surface area contributed by atoms with Crippen LogP contribution in [0.4, 0.5) is 0 Å². The van der Waals surface area contributed by atoms with Crippen LogP contribution >= 0.6 is 0 Å². The monoisotopic (exact) mass is 542 g/mol. The molecule has 7 rings (SSSR count). The van der Waals surface area contributed by atoms with Gasteiger partial charge in [0, 0.05) is 44.2 Å². The van der Waals surface area contributed by atoms with E-state index < -0.39 is 5.97 Å². The van der Waals surface area contributed by atoms with Gasteiger partial charge in [0.1, 0.15) is 5.75 Å². The third-order valence-electron chi connectivity index (χ3n) is 9.93. The van der Waals surface area contributed by atoms with E-state index in [2.05, 4.69) is 29.0 Å². The molecule has 0 unspecified atom stereocenters. The summed E-state index contributed by atoms with van der Waals surface area (Å²) in [7, 11) is 2.16. The number of carbonyl (C=O) groups excluding carboxylic acids is 1. The Hall–Kier alpha value is -2.96. The third kappa shape index (κ3) is 6.03. The Morgan fingerprint density at radius 2 is 1.55 bits per heavy atom. The van der Waals surface area contributed by atoms with Gasteiger partial charge >= 0.3 is 11.9 Å². The van der Waals surface area contributed by atoms with E-state index in [9.17, 15) is 9.59 Å². The molecule has 0 radical (unpaired) electrons. The smallest absolute Gasteiger partial charge is 0.328 e. The summed E-state index contributed by atoms with van der Waals surface area (Å²) in [6, 6.07) is 14.4. The second-order valence-corrected chi connectivity index (χ2v) is 12.9. The lowest BCUT2D eigenvalue weighted by molar-refractivity contribution is -0.135. The van der Waals surface area contributed by atoms with E-state index >= 15 is 0 Å². The standard InChI is InChI=1S/C34H42N2O4/c1-35-13-15-36(16-14-35)12-2-3-33(39)40-31-10-9-29(28-7-4-24(5-8-28)6-11-32(37)38)20-30(31)34-21-25-17-26(22-34)19-27(18-25)23-34/h4-11,20,25-27H,2-3,12-19,21-23H2,1H3,(H,37,38)/b11-6+. The van der Waals surface area contributed by atoms with Gasteiger partial charge in [-0.05, 0) is 117 Å². The first-order valence-corrected chi connectivity index (χ1v) is 15.1.